The van der Waals surface area contributed by atoms with Gasteiger partial charge in [-0.15, -0.1) is 0 Å². The highest BCUT2D eigenvalue weighted by molar-refractivity contribution is 5.82. The quantitative estimate of drug-likeness (QED) is 0.567. The number of aromatic nitrogens is 2. The Labute approximate surface area is 209 Å². The molecule has 3 heterocycles. The molecule has 4 rings (SSSR count). The average Bonchev–Trinajstić information content (AvgIpc) is 3.12. The number of anilines is 1. The van der Waals surface area contributed by atoms with Gasteiger partial charge in [-0.25, -0.2) is 0 Å². The summed E-state index contributed by atoms with van der Waals surface area (Å²) in [6.07, 6.45) is -10.1. The fourth-order valence-electron chi connectivity index (χ4n) is 5.17. The highest BCUT2D eigenvalue weighted by Gasteiger charge is 2.45. The molecule has 0 bridgehead atoms. The van der Waals surface area contributed by atoms with E-state index >= 15 is 0 Å². The van der Waals surface area contributed by atoms with E-state index in [-0.39, 0.29) is 55.7 Å². The smallest absolute Gasteiger partial charge is 0.367 e. The Hall–Kier alpha value is -3.25. The Kier molecular flexibility index (Phi) is 6.93. The van der Waals surface area contributed by atoms with E-state index in [1.807, 2.05) is 19.9 Å². The van der Waals surface area contributed by atoms with Crippen LogP contribution >= 0.6 is 0 Å². The fourth-order valence-corrected chi connectivity index (χ4v) is 5.17. The van der Waals surface area contributed by atoms with Crippen molar-refractivity contribution in [1.29, 1.82) is 0 Å². The predicted octanol–water partition coefficient (Wildman–Crippen LogP) is 3.70. The molecule has 0 saturated carbocycles. The molecule has 13 heteroatoms. The van der Waals surface area contributed by atoms with Gasteiger partial charge in [0.25, 0.3) is 0 Å². The minimum absolute atomic E-state index is 0.0498. The second kappa shape index (κ2) is 9.56. The van der Waals surface area contributed by atoms with E-state index in [4.69, 9.17) is 0 Å². The second-order valence-electron chi connectivity index (χ2n) is 9.53. The largest absolute Gasteiger partial charge is 0.471 e. The number of hydrogen-bond acceptors (Lipinski definition) is 4. The Morgan fingerprint density at radius 2 is 1.73 bits per heavy atom. The summed E-state index contributed by atoms with van der Waals surface area (Å²) in [6.45, 7) is 5.32. The summed E-state index contributed by atoms with van der Waals surface area (Å²) >= 11 is 0. The van der Waals surface area contributed by atoms with Gasteiger partial charge in [0.1, 0.15) is 6.54 Å². The molecule has 1 aromatic carbocycles. The van der Waals surface area contributed by atoms with Crippen molar-refractivity contribution in [3.05, 3.63) is 46.3 Å². The predicted molar refractivity (Wildman–Crippen MR) is 122 cm³/mol. The molecular formula is C24H27F6N5O2. The fraction of sp³-hybridized carbons (Fsp3) is 0.542. The first-order valence-corrected chi connectivity index (χ1v) is 11.8. The number of carbonyl (C=O) groups is 2. The van der Waals surface area contributed by atoms with E-state index in [9.17, 15) is 35.9 Å². The van der Waals surface area contributed by atoms with Crippen LogP contribution < -0.4 is 4.90 Å². The maximum Gasteiger partial charge on any atom is 0.471 e. The standard InChI is InChI=1S/C24H27F6N5O2/c1-14-10-15(2)35(31-14)13-21(36)34-9-8-32(11-16(34)3)20-5-4-19(23(25,26)27)17-6-7-33(12-18(17)20)22(37)24(28,29)30/h4-5,10,16H,6-9,11-13H2,1-3H3/t16-/m1/s1. The molecule has 1 aromatic heterocycles. The number of benzene rings is 1. The minimum atomic E-state index is -5.12. The van der Waals surface area contributed by atoms with Crippen molar-refractivity contribution in [2.75, 3.05) is 31.1 Å². The molecule has 2 aliphatic heterocycles. The lowest BCUT2D eigenvalue weighted by atomic mass is 9.91. The summed E-state index contributed by atoms with van der Waals surface area (Å²) in [6, 6.07) is 3.74. The SMILES string of the molecule is Cc1cc(C)n(CC(=O)N2CCN(c3ccc(C(F)(F)F)c4c3CN(C(=O)C(F)(F)F)CC4)C[C@H]2C)n1. The van der Waals surface area contributed by atoms with Gasteiger partial charge in [-0.2, -0.15) is 31.4 Å². The lowest BCUT2D eigenvalue weighted by molar-refractivity contribution is -0.186. The van der Waals surface area contributed by atoms with Crippen molar-refractivity contribution in [3.8, 4) is 0 Å². The molecule has 1 saturated heterocycles. The van der Waals surface area contributed by atoms with Gasteiger partial charge in [0.2, 0.25) is 5.91 Å². The monoisotopic (exact) mass is 531 g/mol. The maximum atomic E-state index is 13.7. The number of halogens is 6. The van der Waals surface area contributed by atoms with Crippen molar-refractivity contribution in [3.63, 3.8) is 0 Å². The van der Waals surface area contributed by atoms with Gasteiger partial charge in [-0.1, -0.05) is 0 Å². The number of carbonyl (C=O) groups excluding carboxylic acids is 2. The first-order valence-electron chi connectivity index (χ1n) is 11.8. The van der Waals surface area contributed by atoms with Crippen LogP contribution in [0.4, 0.5) is 32.0 Å². The summed E-state index contributed by atoms with van der Waals surface area (Å²) in [7, 11) is 0. The number of fused-ring (bicyclic) bond motifs is 1. The highest BCUT2D eigenvalue weighted by atomic mass is 19.4. The van der Waals surface area contributed by atoms with E-state index < -0.39 is 36.9 Å². The number of amides is 2. The lowest BCUT2D eigenvalue weighted by Crippen LogP contribution is -2.55. The van der Waals surface area contributed by atoms with Crippen LogP contribution in [0.3, 0.4) is 0 Å². The van der Waals surface area contributed by atoms with Crippen LogP contribution in [-0.4, -0.2) is 69.8 Å². The van der Waals surface area contributed by atoms with Crippen LogP contribution in [-0.2, 0) is 35.3 Å². The molecule has 0 spiro atoms. The first-order chi connectivity index (χ1) is 17.2. The third-order valence-corrected chi connectivity index (χ3v) is 6.90. The van der Waals surface area contributed by atoms with Crippen LogP contribution in [0.25, 0.3) is 0 Å². The molecule has 0 radical (unpaired) electrons. The van der Waals surface area contributed by atoms with Crippen molar-refractivity contribution >= 4 is 17.5 Å². The van der Waals surface area contributed by atoms with Crippen LogP contribution in [0.2, 0.25) is 0 Å². The highest BCUT2D eigenvalue weighted by Crippen LogP contribution is 2.40. The third kappa shape index (κ3) is 5.40. The zero-order valence-corrected chi connectivity index (χ0v) is 20.6. The normalized spacial score (nSPS) is 18.7. The Morgan fingerprint density at radius 1 is 1.03 bits per heavy atom. The summed E-state index contributed by atoms with van der Waals surface area (Å²) in [5, 5.41) is 4.30. The molecule has 202 valence electrons. The molecule has 1 atom stereocenters. The zero-order chi connectivity index (χ0) is 27.3. The number of aryl methyl sites for hydroxylation is 2. The van der Waals surface area contributed by atoms with E-state index in [1.54, 1.807) is 21.4 Å². The van der Waals surface area contributed by atoms with Crippen molar-refractivity contribution in [1.82, 2.24) is 19.6 Å². The van der Waals surface area contributed by atoms with E-state index in [0.717, 1.165) is 17.5 Å². The molecule has 0 N–H and O–H groups in total. The summed E-state index contributed by atoms with van der Waals surface area (Å²) < 4.78 is 81.8. The molecule has 0 unspecified atom stereocenters. The number of nitrogens with zero attached hydrogens (tertiary/aromatic N) is 5. The van der Waals surface area contributed by atoms with Crippen LogP contribution in [0, 0.1) is 13.8 Å². The molecule has 1 fully saturated rings. The van der Waals surface area contributed by atoms with E-state index in [0.29, 0.717) is 10.6 Å². The number of rotatable bonds is 3. The second-order valence-corrected chi connectivity index (χ2v) is 9.53. The van der Waals surface area contributed by atoms with Gasteiger partial charge in [-0.3, -0.25) is 14.3 Å². The lowest BCUT2D eigenvalue weighted by Gasteiger charge is -2.43. The van der Waals surface area contributed by atoms with E-state index in [2.05, 4.69) is 5.10 Å². The Balaban J connectivity index is 1.58. The van der Waals surface area contributed by atoms with Crippen molar-refractivity contribution in [2.24, 2.45) is 0 Å². The summed E-state index contributed by atoms with van der Waals surface area (Å²) in [5.41, 5.74) is 1.04. The van der Waals surface area contributed by atoms with Crippen LogP contribution in [0.1, 0.15) is 35.0 Å². The molecular weight excluding hydrogens is 504 g/mol. The van der Waals surface area contributed by atoms with Gasteiger partial charge < -0.3 is 14.7 Å². The number of alkyl halides is 6. The summed E-state index contributed by atoms with van der Waals surface area (Å²) in [5.74, 6) is -2.23. The van der Waals surface area contributed by atoms with Crippen LogP contribution in [0.15, 0.2) is 18.2 Å². The zero-order valence-electron chi connectivity index (χ0n) is 20.6. The third-order valence-electron chi connectivity index (χ3n) is 6.90. The number of hydrogen-bond donors (Lipinski definition) is 0. The topological polar surface area (TPSA) is 61.7 Å². The number of piperazine rings is 1. The molecule has 37 heavy (non-hydrogen) atoms. The Morgan fingerprint density at radius 3 is 2.30 bits per heavy atom. The van der Waals surface area contributed by atoms with E-state index in [1.165, 1.54) is 6.07 Å². The Bertz CT molecular complexity index is 1210. The van der Waals surface area contributed by atoms with Crippen molar-refractivity contribution in [2.45, 2.75) is 58.7 Å². The molecule has 2 aliphatic rings. The van der Waals surface area contributed by atoms with Crippen molar-refractivity contribution < 1.29 is 35.9 Å². The molecule has 7 nitrogen and oxygen atoms in total. The molecule has 0 aliphatic carbocycles. The van der Waals surface area contributed by atoms with Gasteiger partial charge in [-0.05, 0) is 56.5 Å². The minimum Gasteiger partial charge on any atom is -0.367 e. The van der Waals surface area contributed by atoms with Gasteiger partial charge in [0.05, 0.1) is 11.3 Å². The average molecular weight is 532 g/mol. The van der Waals surface area contributed by atoms with Gasteiger partial charge in [0, 0.05) is 50.1 Å². The van der Waals surface area contributed by atoms with Gasteiger partial charge in [0.15, 0.2) is 0 Å². The van der Waals surface area contributed by atoms with Crippen LogP contribution in [0.5, 0.6) is 0 Å². The first kappa shape index (κ1) is 26.8. The maximum absolute atomic E-state index is 13.7. The van der Waals surface area contributed by atoms with Gasteiger partial charge >= 0.3 is 18.3 Å². The summed E-state index contributed by atoms with van der Waals surface area (Å²) in [4.78, 5) is 28.8. The molecule has 2 aromatic rings. The molecule has 2 amide bonds.